The second-order valence-electron chi connectivity index (χ2n) is 5.84. The Morgan fingerprint density at radius 2 is 1.96 bits per heavy atom. The summed E-state index contributed by atoms with van der Waals surface area (Å²) in [5, 5.41) is 2.44. The molecular formula is C19H15ClFN3O2S. The molecule has 2 aromatic carbocycles. The third-order valence-corrected chi connectivity index (χ3v) is 4.66. The standard InChI is InChI=1S/C19H15ClFN3O2S/c1-2-11-3-6-13(7-4-11)24-18(26)14(17(25)23-19(24)27)10-22-12-5-8-16(21)15(20)9-12/h3-10,14H,2H2,1H3,(H,23,25,27). The number of hydrogen-bond donors (Lipinski definition) is 1. The van der Waals surface area contributed by atoms with Crippen molar-refractivity contribution in [1.29, 1.82) is 0 Å². The third-order valence-electron chi connectivity index (χ3n) is 4.08. The first kappa shape index (κ1) is 19.1. The Morgan fingerprint density at radius 3 is 2.59 bits per heavy atom. The number of carbonyl (C=O) groups excluding carboxylic acids is 2. The van der Waals surface area contributed by atoms with E-state index in [9.17, 15) is 14.0 Å². The molecule has 1 saturated heterocycles. The number of aryl methyl sites for hydroxylation is 1. The fraction of sp³-hybridized carbons (Fsp3) is 0.158. The number of nitrogens with one attached hydrogen (secondary N) is 1. The fourth-order valence-corrected chi connectivity index (χ4v) is 3.04. The van der Waals surface area contributed by atoms with E-state index in [1.165, 1.54) is 23.2 Å². The first-order valence-corrected chi connectivity index (χ1v) is 8.96. The minimum Gasteiger partial charge on any atom is -0.301 e. The Morgan fingerprint density at radius 1 is 1.26 bits per heavy atom. The molecule has 2 amide bonds. The third kappa shape index (κ3) is 4.04. The topological polar surface area (TPSA) is 61.8 Å². The predicted molar refractivity (Wildman–Crippen MR) is 107 cm³/mol. The molecule has 1 atom stereocenters. The molecule has 0 radical (unpaired) electrons. The van der Waals surface area contributed by atoms with Gasteiger partial charge in [-0.25, -0.2) is 4.39 Å². The van der Waals surface area contributed by atoms with E-state index in [2.05, 4.69) is 10.3 Å². The molecule has 1 heterocycles. The summed E-state index contributed by atoms with van der Waals surface area (Å²) in [6.07, 6.45) is 2.07. The fourth-order valence-electron chi connectivity index (χ4n) is 2.57. The molecule has 1 aliphatic rings. The van der Waals surface area contributed by atoms with Crippen LogP contribution in [0.25, 0.3) is 0 Å². The molecule has 1 fully saturated rings. The summed E-state index contributed by atoms with van der Waals surface area (Å²) in [4.78, 5) is 30.4. The van der Waals surface area contributed by atoms with Crippen LogP contribution >= 0.6 is 23.8 Å². The SMILES string of the molecule is CCc1ccc(N2C(=O)C(C=Nc3ccc(F)c(Cl)c3)C(=O)NC2=S)cc1. The molecule has 1 N–H and O–H groups in total. The van der Waals surface area contributed by atoms with Gasteiger partial charge < -0.3 is 5.32 Å². The highest BCUT2D eigenvalue weighted by Gasteiger charge is 2.38. The van der Waals surface area contributed by atoms with E-state index in [4.69, 9.17) is 23.8 Å². The number of aliphatic imine (C=N–C) groups is 1. The van der Waals surface area contributed by atoms with Crippen LogP contribution in [0, 0.1) is 11.7 Å². The van der Waals surface area contributed by atoms with Gasteiger partial charge in [0.1, 0.15) is 5.82 Å². The zero-order valence-corrected chi connectivity index (χ0v) is 15.9. The normalized spacial score (nSPS) is 17.5. The number of thiocarbonyl (C=S) groups is 1. The molecule has 0 aromatic heterocycles. The van der Waals surface area contributed by atoms with Crippen LogP contribution in [0.15, 0.2) is 47.5 Å². The van der Waals surface area contributed by atoms with Gasteiger partial charge in [-0.2, -0.15) is 0 Å². The lowest BCUT2D eigenvalue weighted by molar-refractivity contribution is -0.130. The summed E-state index contributed by atoms with van der Waals surface area (Å²) in [5.74, 6) is -2.81. The van der Waals surface area contributed by atoms with Crippen molar-refractivity contribution in [2.75, 3.05) is 4.90 Å². The number of carbonyl (C=O) groups is 2. The molecule has 0 spiro atoms. The Balaban J connectivity index is 1.87. The number of halogens is 2. The minimum absolute atomic E-state index is 0.0173. The van der Waals surface area contributed by atoms with Crippen LogP contribution in [0.1, 0.15) is 12.5 Å². The molecule has 5 nitrogen and oxygen atoms in total. The smallest absolute Gasteiger partial charge is 0.251 e. The van der Waals surface area contributed by atoms with Crippen molar-refractivity contribution >= 4 is 58.3 Å². The largest absolute Gasteiger partial charge is 0.301 e. The van der Waals surface area contributed by atoms with Crippen molar-refractivity contribution in [1.82, 2.24) is 5.32 Å². The van der Waals surface area contributed by atoms with Gasteiger partial charge in [0.25, 0.3) is 5.91 Å². The van der Waals surface area contributed by atoms with Gasteiger partial charge in [-0.15, -0.1) is 0 Å². The number of benzene rings is 2. The van der Waals surface area contributed by atoms with Crippen LogP contribution in [0.5, 0.6) is 0 Å². The highest BCUT2D eigenvalue weighted by molar-refractivity contribution is 7.80. The van der Waals surface area contributed by atoms with Gasteiger partial charge in [-0.3, -0.25) is 19.5 Å². The lowest BCUT2D eigenvalue weighted by Crippen LogP contribution is -2.58. The van der Waals surface area contributed by atoms with E-state index >= 15 is 0 Å². The first-order valence-electron chi connectivity index (χ1n) is 8.17. The zero-order valence-electron chi connectivity index (χ0n) is 14.3. The molecule has 3 rings (SSSR count). The van der Waals surface area contributed by atoms with Gasteiger partial charge >= 0.3 is 0 Å². The summed E-state index contributed by atoms with van der Waals surface area (Å²) in [6.45, 7) is 2.03. The quantitative estimate of drug-likeness (QED) is 0.479. The van der Waals surface area contributed by atoms with E-state index in [-0.39, 0.29) is 10.1 Å². The lowest BCUT2D eigenvalue weighted by atomic mass is 10.1. The number of anilines is 1. The second kappa shape index (κ2) is 7.94. The second-order valence-corrected chi connectivity index (χ2v) is 6.64. The monoisotopic (exact) mass is 403 g/mol. The van der Waals surface area contributed by atoms with Gasteiger partial charge in [0.15, 0.2) is 11.0 Å². The van der Waals surface area contributed by atoms with Gasteiger partial charge in [-0.1, -0.05) is 30.7 Å². The van der Waals surface area contributed by atoms with Crippen molar-refractivity contribution < 1.29 is 14.0 Å². The Kier molecular flexibility index (Phi) is 5.62. The average Bonchev–Trinajstić information content (AvgIpc) is 2.64. The van der Waals surface area contributed by atoms with Gasteiger partial charge in [0.2, 0.25) is 5.91 Å². The molecule has 8 heteroatoms. The molecule has 1 aliphatic heterocycles. The van der Waals surface area contributed by atoms with Crippen LogP contribution < -0.4 is 10.2 Å². The number of hydrogen-bond acceptors (Lipinski definition) is 4. The summed E-state index contributed by atoms with van der Waals surface area (Å²) < 4.78 is 13.2. The van der Waals surface area contributed by atoms with E-state index < -0.39 is 23.5 Å². The Labute approximate surface area is 165 Å². The molecule has 138 valence electrons. The number of amides is 2. The maximum absolute atomic E-state index is 13.2. The first-order chi connectivity index (χ1) is 12.9. The molecule has 2 aromatic rings. The number of rotatable bonds is 4. The highest BCUT2D eigenvalue weighted by atomic mass is 35.5. The van der Waals surface area contributed by atoms with Crippen LogP contribution in [0.4, 0.5) is 15.8 Å². The van der Waals surface area contributed by atoms with E-state index in [1.807, 2.05) is 19.1 Å². The van der Waals surface area contributed by atoms with Gasteiger partial charge in [-0.05, 0) is 54.5 Å². The zero-order chi connectivity index (χ0) is 19.6. The maximum Gasteiger partial charge on any atom is 0.251 e. The number of nitrogens with zero attached hydrogens (tertiary/aromatic N) is 2. The minimum atomic E-state index is -1.16. The molecule has 1 unspecified atom stereocenters. The average molecular weight is 404 g/mol. The lowest BCUT2D eigenvalue weighted by Gasteiger charge is -2.31. The van der Waals surface area contributed by atoms with Gasteiger partial charge in [0, 0.05) is 6.21 Å². The van der Waals surface area contributed by atoms with Crippen LogP contribution in [0.3, 0.4) is 0 Å². The molecule has 27 heavy (non-hydrogen) atoms. The van der Waals surface area contributed by atoms with E-state index in [0.717, 1.165) is 18.1 Å². The molecule has 0 bridgehead atoms. The summed E-state index contributed by atoms with van der Waals surface area (Å²) >= 11 is 10.9. The molecule has 0 saturated carbocycles. The summed E-state index contributed by atoms with van der Waals surface area (Å²) in [7, 11) is 0. The Hall–Kier alpha value is -2.64. The van der Waals surface area contributed by atoms with Crippen LogP contribution in [-0.4, -0.2) is 23.1 Å². The van der Waals surface area contributed by atoms with Crippen LogP contribution in [0.2, 0.25) is 5.02 Å². The molecular weight excluding hydrogens is 389 g/mol. The van der Waals surface area contributed by atoms with E-state index in [0.29, 0.717) is 11.4 Å². The predicted octanol–water partition coefficient (Wildman–Crippen LogP) is 3.81. The summed E-state index contributed by atoms with van der Waals surface area (Å²) in [6, 6.07) is 11.2. The van der Waals surface area contributed by atoms with Crippen molar-refractivity contribution in [2.24, 2.45) is 10.9 Å². The van der Waals surface area contributed by atoms with Crippen molar-refractivity contribution in [3.05, 3.63) is 58.9 Å². The van der Waals surface area contributed by atoms with Crippen molar-refractivity contribution in [3.8, 4) is 0 Å². The van der Waals surface area contributed by atoms with E-state index in [1.54, 1.807) is 12.1 Å². The van der Waals surface area contributed by atoms with Crippen molar-refractivity contribution in [2.45, 2.75) is 13.3 Å². The maximum atomic E-state index is 13.2. The summed E-state index contributed by atoms with van der Waals surface area (Å²) in [5.41, 5.74) is 2.00. The van der Waals surface area contributed by atoms with Gasteiger partial charge in [0.05, 0.1) is 16.4 Å². The molecule has 0 aliphatic carbocycles. The van der Waals surface area contributed by atoms with Crippen molar-refractivity contribution in [3.63, 3.8) is 0 Å². The van der Waals surface area contributed by atoms with Crippen LogP contribution in [-0.2, 0) is 16.0 Å². The highest BCUT2D eigenvalue weighted by Crippen LogP contribution is 2.24. The Bertz CT molecular complexity index is 946.